The summed E-state index contributed by atoms with van der Waals surface area (Å²) in [6, 6.07) is 22.3. The lowest BCUT2D eigenvalue weighted by atomic mass is 9.58. The maximum absolute atomic E-state index is 14.2. The molecule has 0 radical (unpaired) electrons. The van der Waals surface area contributed by atoms with E-state index in [0.29, 0.717) is 18.8 Å². The Labute approximate surface area is 190 Å². The molecule has 1 atom stereocenters. The van der Waals surface area contributed by atoms with Crippen molar-refractivity contribution in [2.75, 3.05) is 0 Å². The minimum atomic E-state index is -0.668. The van der Waals surface area contributed by atoms with Crippen molar-refractivity contribution >= 4 is 0 Å². The maximum Gasteiger partial charge on any atom is 0.0999 e. The molecular formula is C30H43F. The number of unbranched alkanes of at least 4 members (excludes halogenated alkanes) is 2. The highest BCUT2D eigenvalue weighted by Crippen LogP contribution is 2.50. The van der Waals surface area contributed by atoms with Gasteiger partial charge in [-0.15, -0.1) is 0 Å². The number of halogens is 1. The van der Waals surface area contributed by atoms with Gasteiger partial charge in [0.1, 0.15) is 0 Å². The summed E-state index contributed by atoms with van der Waals surface area (Å²) in [7, 11) is 0. The van der Waals surface area contributed by atoms with E-state index in [1.54, 1.807) is 0 Å². The quantitative estimate of drug-likeness (QED) is 0.299. The molecule has 31 heavy (non-hydrogen) atoms. The maximum atomic E-state index is 14.2. The van der Waals surface area contributed by atoms with Gasteiger partial charge in [-0.05, 0) is 61.5 Å². The van der Waals surface area contributed by atoms with Crippen LogP contribution in [-0.4, -0.2) is 6.17 Å². The van der Waals surface area contributed by atoms with E-state index >= 15 is 0 Å². The van der Waals surface area contributed by atoms with Crippen molar-refractivity contribution in [3.63, 3.8) is 0 Å². The van der Waals surface area contributed by atoms with Crippen LogP contribution >= 0.6 is 0 Å². The third-order valence-corrected chi connectivity index (χ3v) is 7.87. The molecule has 2 aromatic carbocycles. The molecule has 0 aromatic heterocycles. The molecule has 1 fully saturated rings. The molecule has 1 heteroatoms. The number of rotatable bonds is 12. The van der Waals surface area contributed by atoms with Crippen molar-refractivity contribution in [3.8, 4) is 0 Å². The van der Waals surface area contributed by atoms with Crippen molar-refractivity contribution in [1.82, 2.24) is 0 Å². The van der Waals surface area contributed by atoms with Gasteiger partial charge in [-0.2, -0.15) is 0 Å². The molecule has 1 aliphatic rings. The van der Waals surface area contributed by atoms with Crippen molar-refractivity contribution in [2.24, 2.45) is 11.8 Å². The van der Waals surface area contributed by atoms with E-state index < -0.39 is 6.17 Å². The van der Waals surface area contributed by atoms with Gasteiger partial charge in [0.15, 0.2) is 0 Å². The Morgan fingerprint density at radius 1 is 0.806 bits per heavy atom. The molecule has 3 rings (SSSR count). The van der Waals surface area contributed by atoms with Crippen LogP contribution in [0.5, 0.6) is 0 Å². The number of alkyl halides is 1. The molecule has 170 valence electrons. The van der Waals surface area contributed by atoms with Crippen LogP contribution in [0.15, 0.2) is 60.7 Å². The fraction of sp³-hybridized carbons (Fsp3) is 0.600. The summed E-state index contributed by atoms with van der Waals surface area (Å²) in [4.78, 5) is 0. The largest absolute Gasteiger partial charge is 0.248 e. The van der Waals surface area contributed by atoms with E-state index in [-0.39, 0.29) is 5.41 Å². The molecule has 0 bridgehead atoms. The Bertz CT molecular complexity index is 675. The first kappa shape index (κ1) is 24.0. The standard InChI is InChI=1S/C30H43F/c1-3-5-8-14-25-20-22-28(23-21-25)30(24-13-19-29(31)4-2,26-15-9-6-10-16-26)27-17-11-7-12-18-27/h6-7,9-12,15-18,25,28-29H,3-5,8,13-14,19-24H2,1-2H3/t25-,28-,29?. The molecule has 1 aliphatic carbocycles. The smallest absolute Gasteiger partial charge is 0.0999 e. The van der Waals surface area contributed by atoms with Crippen LogP contribution in [-0.2, 0) is 5.41 Å². The fourth-order valence-corrected chi connectivity index (χ4v) is 6.04. The zero-order valence-corrected chi connectivity index (χ0v) is 19.9. The molecule has 0 spiro atoms. The van der Waals surface area contributed by atoms with Crippen molar-refractivity contribution in [2.45, 2.75) is 102 Å². The van der Waals surface area contributed by atoms with E-state index in [4.69, 9.17) is 0 Å². The summed E-state index contributed by atoms with van der Waals surface area (Å²) in [6.45, 7) is 4.26. The first-order valence-corrected chi connectivity index (χ1v) is 13.0. The highest BCUT2D eigenvalue weighted by molar-refractivity contribution is 5.40. The minimum absolute atomic E-state index is 0.00434. The molecule has 1 unspecified atom stereocenters. The predicted molar refractivity (Wildman–Crippen MR) is 132 cm³/mol. The minimum Gasteiger partial charge on any atom is -0.248 e. The van der Waals surface area contributed by atoms with Crippen molar-refractivity contribution in [3.05, 3.63) is 71.8 Å². The number of benzene rings is 2. The summed E-state index contributed by atoms with van der Waals surface area (Å²) < 4.78 is 14.2. The van der Waals surface area contributed by atoms with Gasteiger partial charge in [-0.1, -0.05) is 113 Å². The molecule has 0 aliphatic heterocycles. The summed E-state index contributed by atoms with van der Waals surface area (Å²) in [5, 5.41) is 0. The van der Waals surface area contributed by atoms with Crippen LogP contribution < -0.4 is 0 Å². The summed E-state index contributed by atoms with van der Waals surface area (Å²) in [6.07, 6.45) is 13.5. The average molecular weight is 423 g/mol. The number of hydrogen-bond acceptors (Lipinski definition) is 0. The van der Waals surface area contributed by atoms with Crippen molar-refractivity contribution in [1.29, 1.82) is 0 Å². The van der Waals surface area contributed by atoms with Gasteiger partial charge >= 0.3 is 0 Å². The Morgan fingerprint density at radius 3 is 1.90 bits per heavy atom. The molecule has 0 heterocycles. The highest BCUT2D eigenvalue weighted by atomic mass is 19.1. The lowest BCUT2D eigenvalue weighted by Gasteiger charge is -2.46. The first-order valence-electron chi connectivity index (χ1n) is 13.0. The van der Waals surface area contributed by atoms with Gasteiger partial charge in [0.2, 0.25) is 0 Å². The molecule has 0 nitrogen and oxygen atoms in total. The zero-order chi connectivity index (χ0) is 21.9. The van der Waals surface area contributed by atoms with E-state index in [0.717, 1.165) is 18.8 Å². The van der Waals surface area contributed by atoms with Gasteiger partial charge in [-0.3, -0.25) is 0 Å². The lowest BCUT2D eigenvalue weighted by molar-refractivity contribution is 0.173. The number of hydrogen-bond donors (Lipinski definition) is 0. The van der Waals surface area contributed by atoms with Gasteiger partial charge in [0, 0.05) is 5.41 Å². The Morgan fingerprint density at radius 2 is 1.39 bits per heavy atom. The first-order chi connectivity index (χ1) is 15.2. The zero-order valence-electron chi connectivity index (χ0n) is 19.9. The summed E-state index contributed by atoms with van der Waals surface area (Å²) in [5.41, 5.74) is 2.87. The monoisotopic (exact) mass is 422 g/mol. The fourth-order valence-electron chi connectivity index (χ4n) is 6.04. The predicted octanol–water partition coefficient (Wildman–Crippen LogP) is 9.28. The Kier molecular flexibility index (Phi) is 9.62. The van der Waals surface area contributed by atoms with Crippen LogP contribution in [0.4, 0.5) is 4.39 Å². The van der Waals surface area contributed by atoms with Crippen LogP contribution in [0.1, 0.15) is 102 Å². The normalized spacial score (nSPS) is 20.5. The molecule has 2 aromatic rings. The summed E-state index contributed by atoms with van der Waals surface area (Å²) >= 11 is 0. The Balaban J connectivity index is 1.88. The van der Waals surface area contributed by atoms with Gasteiger partial charge in [-0.25, -0.2) is 4.39 Å². The summed E-state index contributed by atoms with van der Waals surface area (Å²) in [5.74, 6) is 1.54. The van der Waals surface area contributed by atoms with Crippen molar-refractivity contribution < 1.29 is 4.39 Å². The topological polar surface area (TPSA) is 0 Å². The third kappa shape index (κ3) is 6.21. The van der Waals surface area contributed by atoms with Crippen LogP contribution in [0.2, 0.25) is 0 Å². The van der Waals surface area contributed by atoms with E-state index in [1.165, 1.54) is 62.5 Å². The lowest BCUT2D eigenvalue weighted by Crippen LogP contribution is -2.39. The third-order valence-electron chi connectivity index (χ3n) is 7.87. The van der Waals surface area contributed by atoms with E-state index in [1.807, 2.05) is 6.92 Å². The van der Waals surface area contributed by atoms with E-state index in [2.05, 4.69) is 67.6 Å². The molecule has 0 N–H and O–H groups in total. The van der Waals surface area contributed by atoms with Crippen LogP contribution in [0.25, 0.3) is 0 Å². The molecule has 0 amide bonds. The average Bonchev–Trinajstić information content (AvgIpc) is 2.83. The molecule has 1 saturated carbocycles. The van der Waals surface area contributed by atoms with E-state index in [9.17, 15) is 4.39 Å². The highest BCUT2D eigenvalue weighted by Gasteiger charge is 2.42. The van der Waals surface area contributed by atoms with Gasteiger partial charge in [0.25, 0.3) is 0 Å². The van der Waals surface area contributed by atoms with Crippen LogP contribution in [0.3, 0.4) is 0 Å². The SMILES string of the molecule is CCCCC[C@H]1CC[C@H](C(CCCC(F)CC)(c2ccccc2)c2ccccc2)CC1. The second-order valence-corrected chi connectivity index (χ2v) is 9.81. The molecule has 0 saturated heterocycles. The van der Waals surface area contributed by atoms with Crippen LogP contribution in [0, 0.1) is 11.8 Å². The Hall–Kier alpha value is -1.63. The molecular weight excluding hydrogens is 379 g/mol. The van der Waals surface area contributed by atoms with Gasteiger partial charge in [0.05, 0.1) is 6.17 Å². The van der Waals surface area contributed by atoms with Gasteiger partial charge < -0.3 is 0 Å². The second kappa shape index (κ2) is 12.4. The second-order valence-electron chi connectivity index (χ2n) is 9.81.